The van der Waals surface area contributed by atoms with Gasteiger partial charge in [0.15, 0.2) is 17.8 Å². The highest BCUT2D eigenvalue weighted by Crippen LogP contribution is 2.36. The van der Waals surface area contributed by atoms with E-state index < -0.39 is 46.1 Å². The Morgan fingerprint density at radius 1 is 1.11 bits per heavy atom. The topological polar surface area (TPSA) is 150 Å². The summed E-state index contributed by atoms with van der Waals surface area (Å²) in [6.45, 7) is 5.67. The Kier molecular flexibility index (Phi) is 10.3. The number of sulfonamides is 1. The van der Waals surface area contributed by atoms with Crippen LogP contribution in [0.1, 0.15) is 45.6 Å². The number of alkyl carbamates (subject to hydrolysis) is 1. The van der Waals surface area contributed by atoms with Gasteiger partial charge in [0, 0.05) is 25.6 Å². The number of carbonyl (C=O) groups is 2. The fourth-order valence-corrected chi connectivity index (χ4v) is 7.53. The van der Waals surface area contributed by atoms with Crippen molar-refractivity contribution in [2.75, 3.05) is 33.1 Å². The van der Waals surface area contributed by atoms with Crippen LogP contribution >= 0.6 is 0 Å². The molecule has 12 nitrogen and oxygen atoms in total. The number of rotatable bonds is 14. The van der Waals surface area contributed by atoms with Crippen molar-refractivity contribution in [2.24, 2.45) is 11.3 Å². The first-order chi connectivity index (χ1) is 21.4. The molecule has 0 bridgehead atoms. The Morgan fingerprint density at radius 3 is 2.62 bits per heavy atom. The number of nitrogens with one attached hydrogen (secondary N) is 1. The van der Waals surface area contributed by atoms with Crippen molar-refractivity contribution < 1.29 is 46.8 Å². The number of hydrogen-bond donors (Lipinski definition) is 2. The van der Waals surface area contributed by atoms with Crippen LogP contribution in [0, 0.1) is 11.3 Å². The van der Waals surface area contributed by atoms with E-state index in [4.69, 9.17) is 23.7 Å². The quantitative estimate of drug-likeness (QED) is 0.313. The lowest BCUT2D eigenvalue weighted by molar-refractivity contribution is -0.117. The van der Waals surface area contributed by atoms with Gasteiger partial charge in [-0.25, -0.2) is 13.2 Å². The normalized spacial score (nSPS) is 22.2. The third kappa shape index (κ3) is 8.33. The summed E-state index contributed by atoms with van der Waals surface area (Å²) in [6, 6.07) is 12.8. The Hall–Kier alpha value is -3.23. The van der Waals surface area contributed by atoms with Crippen LogP contribution in [-0.4, -0.2) is 87.3 Å². The van der Waals surface area contributed by atoms with E-state index >= 15 is 0 Å². The molecule has 1 amide bonds. The summed E-state index contributed by atoms with van der Waals surface area (Å²) in [7, 11) is -4.17. The summed E-state index contributed by atoms with van der Waals surface area (Å²) in [5, 5.41) is 14.5. The van der Waals surface area contributed by atoms with Gasteiger partial charge in [0.1, 0.15) is 11.9 Å². The summed E-state index contributed by atoms with van der Waals surface area (Å²) in [4.78, 5) is 24.9. The van der Waals surface area contributed by atoms with Crippen LogP contribution in [0.3, 0.4) is 0 Å². The fourth-order valence-electron chi connectivity index (χ4n) is 5.86. The van der Waals surface area contributed by atoms with Crippen molar-refractivity contribution >= 4 is 21.9 Å². The van der Waals surface area contributed by atoms with Gasteiger partial charge in [0.05, 0.1) is 36.2 Å². The molecule has 2 aromatic rings. The fraction of sp³-hybridized carbons (Fsp3) is 0.562. The van der Waals surface area contributed by atoms with Crippen molar-refractivity contribution in [2.45, 2.75) is 75.9 Å². The highest BCUT2D eigenvalue weighted by atomic mass is 32.2. The molecule has 2 aromatic carbocycles. The molecule has 0 spiro atoms. The van der Waals surface area contributed by atoms with Gasteiger partial charge in [0.2, 0.25) is 16.8 Å². The van der Waals surface area contributed by atoms with Crippen LogP contribution in [0.4, 0.5) is 4.79 Å². The minimum atomic E-state index is -4.17. The predicted molar refractivity (Wildman–Crippen MR) is 162 cm³/mol. The molecule has 0 saturated carbocycles. The van der Waals surface area contributed by atoms with Gasteiger partial charge in [0.25, 0.3) is 0 Å². The van der Waals surface area contributed by atoms with Crippen molar-refractivity contribution in [3.8, 4) is 11.5 Å². The zero-order valence-corrected chi connectivity index (χ0v) is 26.7. The molecular formula is C32H42N2O10S. The summed E-state index contributed by atoms with van der Waals surface area (Å²) in [5.41, 5.74) is 0.223. The molecule has 5 unspecified atom stereocenters. The molecule has 45 heavy (non-hydrogen) atoms. The minimum Gasteiger partial charge on any atom is -0.454 e. The second-order valence-corrected chi connectivity index (χ2v) is 14.6. The lowest BCUT2D eigenvalue weighted by Crippen LogP contribution is -2.52. The highest BCUT2D eigenvalue weighted by molar-refractivity contribution is 7.89. The molecule has 0 aliphatic carbocycles. The standard InChI is InChI=1S/C32H42N2O10S/c1-21(35)11-13-32(2,3)19-34(45(38,39)23-9-10-27-28(16-23)43-20-42-27)17-26(36)25(15-22-7-5-4-6-8-22)33-31(37)44-29-18-41-30-24(29)12-14-40-30/h4-10,16,24-26,29-30,36H,11-15,17-20H2,1-3H3,(H,33,37). The number of benzene rings is 2. The molecule has 3 aliphatic rings. The molecule has 3 aliphatic heterocycles. The van der Waals surface area contributed by atoms with Gasteiger partial charge < -0.3 is 38.9 Å². The second kappa shape index (κ2) is 14.0. The van der Waals surface area contributed by atoms with E-state index in [2.05, 4.69) is 5.32 Å². The third-order valence-electron chi connectivity index (χ3n) is 8.44. The van der Waals surface area contributed by atoms with Gasteiger partial charge in [-0.1, -0.05) is 44.2 Å². The van der Waals surface area contributed by atoms with Crippen LogP contribution in [0.2, 0.25) is 0 Å². The van der Waals surface area contributed by atoms with Crippen molar-refractivity contribution in [1.29, 1.82) is 0 Å². The Labute approximate surface area is 264 Å². The molecule has 246 valence electrons. The first kappa shape index (κ1) is 33.1. The lowest BCUT2D eigenvalue weighted by Gasteiger charge is -2.35. The van der Waals surface area contributed by atoms with Gasteiger partial charge in [-0.3, -0.25) is 0 Å². The van der Waals surface area contributed by atoms with E-state index in [1.54, 1.807) is 0 Å². The number of amides is 1. The number of aliphatic hydroxyl groups excluding tert-OH is 1. The minimum absolute atomic E-state index is 0.00192. The highest BCUT2D eigenvalue weighted by Gasteiger charge is 2.44. The lowest BCUT2D eigenvalue weighted by atomic mass is 9.87. The average Bonchev–Trinajstić information content (AvgIpc) is 3.74. The summed E-state index contributed by atoms with van der Waals surface area (Å²) in [6.07, 6.45) is -1.28. The molecule has 13 heteroatoms. The monoisotopic (exact) mass is 646 g/mol. The van der Waals surface area contributed by atoms with Crippen molar-refractivity contribution in [1.82, 2.24) is 9.62 Å². The van der Waals surface area contributed by atoms with Crippen LogP contribution in [0.25, 0.3) is 0 Å². The molecular weight excluding hydrogens is 604 g/mol. The number of ketones is 1. The van der Waals surface area contributed by atoms with Crippen LogP contribution in [0.5, 0.6) is 11.5 Å². The molecule has 5 atom stereocenters. The number of ether oxygens (including phenoxy) is 5. The molecule has 0 aromatic heterocycles. The average molecular weight is 647 g/mol. The van der Waals surface area contributed by atoms with Gasteiger partial charge in [-0.2, -0.15) is 4.31 Å². The van der Waals surface area contributed by atoms with Gasteiger partial charge >= 0.3 is 6.09 Å². The molecule has 0 radical (unpaired) electrons. The van der Waals surface area contributed by atoms with Crippen LogP contribution < -0.4 is 14.8 Å². The first-order valence-electron chi connectivity index (χ1n) is 15.2. The molecule has 2 fully saturated rings. The maximum atomic E-state index is 14.1. The largest absolute Gasteiger partial charge is 0.454 e. The molecule has 3 heterocycles. The zero-order chi connectivity index (χ0) is 32.2. The van der Waals surface area contributed by atoms with E-state index in [1.807, 2.05) is 44.2 Å². The number of carbonyl (C=O) groups excluding carboxylic acids is 2. The van der Waals surface area contributed by atoms with Crippen LogP contribution in [-0.2, 0) is 35.4 Å². The zero-order valence-electron chi connectivity index (χ0n) is 25.8. The number of hydrogen-bond acceptors (Lipinski definition) is 10. The van der Waals surface area contributed by atoms with E-state index in [9.17, 15) is 23.1 Å². The van der Waals surface area contributed by atoms with Gasteiger partial charge in [-0.05, 0) is 49.3 Å². The predicted octanol–water partition coefficient (Wildman–Crippen LogP) is 3.26. The van der Waals surface area contributed by atoms with E-state index in [0.717, 1.165) is 5.56 Å². The number of aliphatic hydroxyl groups is 1. The van der Waals surface area contributed by atoms with E-state index in [0.29, 0.717) is 30.9 Å². The number of Topliss-reactive ketones (excluding diaryl/α,β-unsaturated/α-hetero) is 1. The SMILES string of the molecule is CC(=O)CCC(C)(C)CN(CC(O)C(Cc1ccccc1)NC(=O)OC1COC2OCCC12)S(=O)(=O)c1ccc2c(c1)OCO2. The Balaban J connectivity index is 1.38. The number of fused-ring (bicyclic) bond motifs is 2. The maximum absolute atomic E-state index is 14.1. The van der Waals surface area contributed by atoms with Crippen LogP contribution in [0.15, 0.2) is 53.4 Å². The maximum Gasteiger partial charge on any atom is 0.407 e. The molecule has 2 N–H and O–H groups in total. The van der Waals surface area contributed by atoms with E-state index in [1.165, 1.54) is 29.4 Å². The number of nitrogens with zero attached hydrogens (tertiary/aromatic N) is 1. The van der Waals surface area contributed by atoms with Crippen molar-refractivity contribution in [3.63, 3.8) is 0 Å². The smallest absolute Gasteiger partial charge is 0.407 e. The Bertz CT molecular complexity index is 1450. The third-order valence-corrected chi connectivity index (χ3v) is 10.2. The Morgan fingerprint density at radius 2 is 1.87 bits per heavy atom. The van der Waals surface area contributed by atoms with E-state index in [-0.39, 0.29) is 55.9 Å². The summed E-state index contributed by atoms with van der Waals surface area (Å²) < 4.78 is 57.1. The molecule has 2 saturated heterocycles. The second-order valence-electron chi connectivity index (χ2n) is 12.7. The summed E-state index contributed by atoms with van der Waals surface area (Å²) >= 11 is 0. The molecule has 5 rings (SSSR count). The van der Waals surface area contributed by atoms with Crippen molar-refractivity contribution in [3.05, 3.63) is 54.1 Å². The summed E-state index contributed by atoms with van der Waals surface area (Å²) in [5.74, 6) is 0.690. The van der Waals surface area contributed by atoms with Gasteiger partial charge in [-0.15, -0.1) is 0 Å². The first-order valence-corrected chi connectivity index (χ1v) is 16.7.